The molecule has 6 heteroatoms. The molecule has 118 valence electrons. The van der Waals surface area contributed by atoms with Crippen molar-refractivity contribution in [1.82, 2.24) is 0 Å². The van der Waals surface area contributed by atoms with E-state index in [0.717, 1.165) is 0 Å². The van der Waals surface area contributed by atoms with Crippen LogP contribution in [0.3, 0.4) is 0 Å². The average Bonchev–Trinajstić information content (AvgIpc) is 3.25. The van der Waals surface area contributed by atoms with Gasteiger partial charge < -0.3 is 9.59 Å². The van der Waals surface area contributed by atoms with Crippen LogP contribution in [0.4, 0.5) is 0 Å². The minimum absolute atomic E-state index is 0. The summed E-state index contributed by atoms with van der Waals surface area (Å²) in [7, 11) is 0. The van der Waals surface area contributed by atoms with Gasteiger partial charge in [-0.1, -0.05) is 64.2 Å². The summed E-state index contributed by atoms with van der Waals surface area (Å²) >= 11 is 0. The summed E-state index contributed by atoms with van der Waals surface area (Å²) in [6.07, 6.45) is 15.0. The van der Waals surface area contributed by atoms with Crippen molar-refractivity contribution < 1.29 is 57.8 Å². The molecule has 0 saturated heterocycles. The van der Waals surface area contributed by atoms with E-state index in [2.05, 4.69) is 26.9 Å². The van der Waals surface area contributed by atoms with Crippen LogP contribution in [0.2, 0.25) is 0 Å². The normalized spacial score (nSPS) is 12.6. The Morgan fingerprint density at radius 2 is 0.550 bits per heavy atom. The number of carbonyl (C=O) groups excluding carboxylic acids is 2. The van der Waals surface area contributed by atoms with E-state index in [1.54, 1.807) is 0 Å². The molecule has 0 spiro atoms. The predicted octanol–water partition coefficient (Wildman–Crippen LogP) is 3.27. The van der Waals surface area contributed by atoms with Crippen molar-refractivity contribution in [3.05, 3.63) is 13.3 Å². The molecule has 2 saturated carbocycles. The van der Waals surface area contributed by atoms with Crippen molar-refractivity contribution >= 4 is 13.6 Å². The van der Waals surface area contributed by atoms with E-state index in [0.29, 0.717) is 0 Å². The van der Waals surface area contributed by atoms with E-state index < -0.39 is 0 Å². The first-order valence-electron chi connectivity index (χ1n) is 5.88. The summed E-state index contributed by atoms with van der Waals surface area (Å²) in [5.74, 6) is 0. The van der Waals surface area contributed by atoms with Crippen molar-refractivity contribution in [3.8, 4) is 0 Å². The van der Waals surface area contributed by atoms with Gasteiger partial charge in [0.15, 0.2) is 0 Å². The fourth-order valence-electron chi connectivity index (χ4n) is 1.77. The van der Waals surface area contributed by atoms with Gasteiger partial charge in [-0.3, -0.25) is 13.6 Å². The largest absolute Gasteiger partial charge is 2.00 e. The van der Waals surface area contributed by atoms with Gasteiger partial charge in [-0.25, -0.2) is 0 Å². The molecule has 2 rings (SSSR count). The van der Waals surface area contributed by atoms with Gasteiger partial charge in [0, 0.05) is 19.5 Å². The molecule has 0 bridgehead atoms. The number of hydrogen-bond acceptors (Lipinski definition) is 2. The van der Waals surface area contributed by atoms with Crippen molar-refractivity contribution in [2.75, 3.05) is 0 Å². The van der Waals surface area contributed by atoms with Crippen LogP contribution in [0, 0.1) is 13.3 Å². The molecule has 0 radical (unpaired) electrons. The molecule has 2 fully saturated rings. The van der Waals surface area contributed by atoms with Crippen LogP contribution in [0.25, 0.3) is 0 Å². The van der Waals surface area contributed by atoms with Crippen molar-refractivity contribution in [2.45, 2.75) is 64.2 Å². The zero-order valence-electron chi connectivity index (χ0n) is 11.6. The van der Waals surface area contributed by atoms with Crippen LogP contribution < -0.4 is 0 Å². The van der Waals surface area contributed by atoms with Crippen LogP contribution in [-0.4, -0.2) is 13.6 Å². The van der Waals surface area contributed by atoms with Crippen LogP contribution in [0.5, 0.6) is 0 Å². The average molecular weight is 456 g/mol. The molecule has 0 amide bonds. The first-order chi connectivity index (χ1) is 9.00. The second-order valence-corrected chi connectivity index (χ2v) is 3.54. The predicted molar refractivity (Wildman–Crippen MR) is 67.5 cm³/mol. The number of rotatable bonds is 0. The third kappa shape index (κ3) is 51.9. The zero-order chi connectivity index (χ0) is 15.1. The first-order valence-corrected chi connectivity index (χ1v) is 5.88. The molecule has 0 heterocycles. The van der Waals surface area contributed by atoms with Crippen LogP contribution in [-0.2, 0) is 57.8 Å². The van der Waals surface area contributed by atoms with Crippen molar-refractivity contribution in [3.63, 3.8) is 0 Å². The third-order valence-corrected chi connectivity index (χ3v) is 2.50. The van der Waals surface area contributed by atoms with Gasteiger partial charge >= 0.3 is 42.1 Å². The molecular weight excluding hydrogens is 434 g/mol. The van der Waals surface area contributed by atoms with E-state index in [4.69, 9.17) is 18.9 Å². The second kappa shape index (κ2) is 61.4. The number of hydrogen-bond donors (Lipinski definition) is 0. The third-order valence-electron chi connectivity index (χ3n) is 2.50. The fourth-order valence-corrected chi connectivity index (χ4v) is 1.77. The smallest absolute Gasteiger partial charge is 0.545 e. The Kier molecular flexibility index (Phi) is 113. The van der Waals surface area contributed by atoms with Gasteiger partial charge in [-0.15, -0.1) is 0 Å². The summed E-state index contributed by atoms with van der Waals surface area (Å²) in [6, 6.07) is 0. The molecule has 0 aromatic heterocycles. The monoisotopic (exact) mass is 458 g/mol. The summed E-state index contributed by atoms with van der Waals surface area (Å²) in [5, 5.41) is 0. The molecule has 2 aliphatic carbocycles. The minimum atomic E-state index is 0. The van der Waals surface area contributed by atoms with Gasteiger partial charge in [0.1, 0.15) is 0 Å². The van der Waals surface area contributed by atoms with Gasteiger partial charge in [0.2, 0.25) is 0 Å². The first kappa shape index (κ1) is 36.9. The zero-order valence-corrected chi connectivity index (χ0v) is 15.0. The Hall–Kier alpha value is 0.0668. The van der Waals surface area contributed by atoms with Crippen LogP contribution in [0.1, 0.15) is 64.2 Å². The second-order valence-electron chi connectivity index (χ2n) is 3.54. The van der Waals surface area contributed by atoms with Gasteiger partial charge in [-0.05, 0) is 0 Å². The molecule has 0 atom stereocenters. The summed E-state index contributed by atoms with van der Waals surface area (Å²) in [5.41, 5.74) is 0. The molecule has 0 aromatic carbocycles. The van der Waals surface area contributed by atoms with E-state index in [1.165, 1.54) is 64.2 Å². The standard InChI is InChI=1S/2C5H10.2CHO.2CO.2Ru/c2*1-2-4-5-3-1;4*1-2;;/h2*1-5H2;2*1H;;;;/q;;2*-1;;;;+2. The topological polar surface area (TPSA) is 73.9 Å². The Morgan fingerprint density at radius 3 is 0.600 bits per heavy atom. The molecule has 0 unspecified atom stereocenters. The van der Waals surface area contributed by atoms with Crippen molar-refractivity contribution in [1.29, 1.82) is 0 Å². The molecule has 0 aromatic rings. The maximum atomic E-state index is 7.75. The molecular formula is C14H22O4Ru2. The molecule has 0 N–H and O–H groups in total. The summed E-state index contributed by atoms with van der Waals surface area (Å²) < 4.78 is 15.0. The van der Waals surface area contributed by atoms with Crippen LogP contribution >= 0.6 is 0 Å². The SMILES string of the molecule is C1CCCC1.C1CCCC1.[C-]#[O+].[C-]#[O+].[CH-]=O.[CH-]=O.[Ru+2].[Ru]. The van der Waals surface area contributed by atoms with Gasteiger partial charge in [0.05, 0.1) is 0 Å². The summed E-state index contributed by atoms with van der Waals surface area (Å²) in [4.78, 5) is 15.5. The van der Waals surface area contributed by atoms with E-state index in [9.17, 15) is 0 Å². The molecule has 20 heavy (non-hydrogen) atoms. The Labute approximate surface area is 148 Å². The van der Waals surface area contributed by atoms with Gasteiger partial charge in [-0.2, -0.15) is 0 Å². The summed E-state index contributed by atoms with van der Waals surface area (Å²) in [6.45, 7) is 15.5. The van der Waals surface area contributed by atoms with Crippen molar-refractivity contribution in [2.24, 2.45) is 0 Å². The Morgan fingerprint density at radius 1 is 0.500 bits per heavy atom. The van der Waals surface area contributed by atoms with Crippen LogP contribution in [0.15, 0.2) is 0 Å². The quantitative estimate of drug-likeness (QED) is 0.243. The molecule has 2 aliphatic rings. The Bertz CT molecular complexity index is 123. The van der Waals surface area contributed by atoms with E-state index in [-0.39, 0.29) is 39.0 Å². The van der Waals surface area contributed by atoms with E-state index >= 15 is 0 Å². The van der Waals surface area contributed by atoms with Gasteiger partial charge in [0.25, 0.3) is 0 Å². The fraction of sp³-hybridized carbons (Fsp3) is 0.714. The Balaban J connectivity index is -0.0000000311. The molecule has 0 aliphatic heterocycles. The maximum Gasteiger partial charge on any atom is 2.00 e. The van der Waals surface area contributed by atoms with E-state index in [1.807, 2.05) is 0 Å². The minimum Gasteiger partial charge on any atom is -0.545 e. The molecule has 4 nitrogen and oxygen atoms in total. The maximum absolute atomic E-state index is 7.75.